The molecule has 0 spiro atoms. The van der Waals surface area contributed by atoms with Gasteiger partial charge in [0.25, 0.3) is 5.91 Å². The van der Waals surface area contributed by atoms with E-state index in [0.717, 1.165) is 10.2 Å². The van der Waals surface area contributed by atoms with Gasteiger partial charge < -0.3 is 15.0 Å². The molecule has 1 N–H and O–H groups in total. The molecule has 1 aromatic rings. The molecule has 21 heavy (non-hydrogen) atoms. The van der Waals surface area contributed by atoms with E-state index in [2.05, 4.69) is 21.2 Å². The van der Waals surface area contributed by atoms with Gasteiger partial charge in [-0.05, 0) is 39.0 Å². The molecular weight excluding hydrogens is 336 g/mol. The zero-order valence-corrected chi connectivity index (χ0v) is 14.0. The summed E-state index contributed by atoms with van der Waals surface area (Å²) >= 11 is 3.38. The summed E-state index contributed by atoms with van der Waals surface area (Å²) in [6.45, 7) is 6.38. The van der Waals surface area contributed by atoms with Gasteiger partial charge in [0, 0.05) is 16.7 Å². The Kier molecular flexibility index (Phi) is 4.56. The van der Waals surface area contributed by atoms with Crippen molar-refractivity contribution in [2.24, 2.45) is 5.41 Å². The largest absolute Gasteiger partial charge is 0.466 e. The van der Waals surface area contributed by atoms with Crippen LogP contribution in [0.2, 0.25) is 0 Å². The van der Waals surface area contributed by atoms with Gasteiger partial charge in [-0.25, -0.2) is 0 Å². The number of fused-ring (bicyclic) bond motifs is 1. The van der Waals surface area contributed by atoms with E-state index in [0.29, 0.717) is 25.4 Å². The number of amides is 1. The van der Waals surface area contributed by atoms with Crippen molar-refractivity contribution in [3.63, 3.8) is 0 Å². The van der Waals surface area contributed by atoms with Gasteiger partial charge in [-0.2, -0.15) is 0 Å². The summed E-state index contributed by atoms with van der Waals surface area (Å²) in [4.78, 5) is 26.1. The molecular formula is C15H19BrN2O3. The Bertz CT molecular complexity index is 572. The van der Waals surface area contributed by atoms with Gasteiger partial charge in [-0.3, -0.25) is 9.59 Å². The number of carbonyl (C=O) groups excluding carboxylic acids is 2. The van der Waals surface area contributed by atoms with Crippen LogP contribution in [-0.4, -0.2) is 36.6 Å². The van der Waals surface area contributed by atoms with Crippen molar-refractivity contribution in [2.45, 2.75) is 20.8 Å². The number of esters is 1. The van der Waals surface area contributed by atoms with Gasteiger partial charge in [0.1, 0.15) is 0 Å². The van der Waals surface area contributed by atoms with Crippen LogP contribution in [0.3, 0.4) is 0 Å². The lowest BCUT2D eigenvalue weighted by molar-refractivity contribution is -0.154. The topological polar surface area (TPSA) is 58.6 Å². The molecule has 1 heterocycles. The number of ether oxygens (including phenoxy) is 1. The minimum atomic E-state index is -0.736. The number of carbonyl (C=O) groups is 2. The van der Waals surface area contributed by atoms with Gasteiger partial charge in [-0.15, -0.1) is 0 Å². The Morgan fingerprint density at radius 3 is 2.86 bits per heavy atom. The van der Waals surface area contributed by atoms with E-state index < -0.39 is 5.41 Å². The number of rotatable bonds is 4. The van der Waals surface area contributed by atoms with Crippen molar-refractivity contribution >= 4 is 33.5 Å². The molecule has 0 aromatic heterocycles. The van der Waals surface area contributed by atoms with E-state index in [1.165, 1.54) is 0 Å². The molecule has 6 heteroatoms. The lowest BCUT2D eigenvalue weighted by Crippen LogP contribution is -2.47. The zero-order valence-electron chi connectivity index (χ0n) is 12.4. The molecule has 0 aliphatic carbocycles. The zero-order chi connectivity index (χ0) is 15.6. The van der Waals surface area contributed by atoms with Crippen LogP contribution in [0.5, 0.6) is 0 Å². The summed E-state index contributed by atoms with van der Waals surface area (Å²) in [5.41, 5.74) is 0.684. The van der Waals surface area contributed by atoms with Crippen LogP contribution in [0.1, 0.15) is 31.1 Å². The second kappa shape index (κ2) is 6.05. The van der Waals surface area contributed by atoms with E-state index in [1.54, 1.807) is 31.7 Å². The SMILES string of the molecule is CCOC(=O)C(C)(C)CN1CNc2cc(Br)ccc2C1=O. The Morgan fingerprint density at radius 1 is 1.48 bits per heavy atom. The molecule has 0 atom stereocenters. The highest BCUT2D eigenvalue weighted by Crippen LogP contribution is 2.28. The van der Waals surface area contributed by atoms with Gasteiger partial charge in [0.05, 0.1) is 24.3 Å². The van der Waals surface area contributed by atoms with Crippen LogP contribution in [0.15, 0.2) is 22.7 Å². The third-order valence-electron chi connectivity index (χ3n) is 3.37. The summed E-state index contributed by atoms with van der Waals surface area (Å²) in [5, 5.41) is 3.20. The fourth-order valence-corrected chi connectivity index (χ4v) is 2.63. The molecule has 0 saturated carbocycles. The normalized spacial score (nSPS) is 14.5. The molecule has 114 valence electrons. The highest BCUT2D eigenvalue weighted by atomic mass is 79.9. The Hall–Kier alpha value is -1.56. The van der Waals surface area contributed by atoms with E-state index in [-0.39, 0.29) is 11.9 Å². The lowest BCUT2D eigenvalue weighted by Gasteiger charge is -2.34. The average Bonchev–Trinajstić information content (AvgIpc) is 2.42. The number of hydrogen-bond donors (Lipinski definition) is 1. The Labute approximate surface area is 132 Å². The second-order valence-corrected chi connectivity index (χ2v) is 6.55. The first-order valence-corrected chi connectivity index (χ1v) is 7.64. The molecule has 0 radical (unpaired) electrons. The van der Waals surface area contributed by atoms with Crippen molar-refractivity contribution in [3.8, 4) is 0 Å². The van der Waals surface area contributed by atoms with Crippen LogP contribution in [0.25, 0.3) is 0 Å². The first-order valence-electron chi connectivity index (χ1n) is 6.85. The number of nitrogens with one attached hydrogen (secondary N) is 1. The molecule has 0 saturated heterocycles. The number of anilines is 1. The number of benzene rings is 1. The summed E-state index contributed by atoms with van der Waals surface area (Å²) in [7, 11) is 0. The fraction of sp³-hybridized carbons (Fsp3) is 0.467. The fourth-order valence-electron chi connectivity index (χ4n) is 2.27. The standard InChI is InChI=1S/C15H19BrN2O3/c1-4-21-14(20)15(2,3)8-18-9-17-12-7-10(16)5-6-11(12)13(18)19/h5-7,17H,4,8-9H2,1-3H3. The van der Waals surface area contributed by atoms with Crippen LogP contribution < -0.4 is 5.32 Å². The summed E-state index contributed by atoms with van der Waals surface area (Å²) in [6.07, 6.45) is 0. The minimum absolute atomic E-state index is 0.0753. The molecule has 0 fully saturated rings. The van der Waals surface area contributed by atoms with E-state index >= 15 is 0 Å². The monoisotopic (exact) mass is 354 g/mol. The van der Waals surface area contributed by atoms with Crippen LogP contribution >= 0.6 is 15.9 Å². The minimum Gasteiger partial charge on any atom is -0.466 e. The van der Waals surface area contributed by atoms with Crippen molar-refractivity contribution in [1.82, 2.24) is 4.90 Å². The third kappa shape index (κ3) is 3.37. The van der Waals surface area contributed by atoms with Crippen LogP contribution in [0, 0.1) is 5.41 Å². The van der Waals surface area contributed by atoms with Crippen molar-refractivity contribution in [1.29, 1.82) is 0 Å². The lowest BCUT2D eigenvalue weighted by atomic mass is 9.92. The molecule has 0 bridgehead atoms. The first kappa shape index (κ1) is 15.8. The van der Waals surface area contributed by atoms with Gasteiger partial charge >= 0.3 is 5.97 Å². The maximum Gasteiger partial charge on any atom is 0.313 e. The smallest absolute Gasteiger partial charge is 0.313 e. The average molecular weight is 355 g/mol. The number of halogens is 1. The predicted molar refractivity (Wildman–Crippen MR) is 84.1 cm³/mol. The quantitative estimate of drug-likeness (QED) is 0.844. The second-order valence-electron chi connectivity index (χ2n) is 5.63. The highest BCUT2D eigenvalue weighted by Gasteiger charge is 2.35. The Morgan fingerprint density at radius 2 is 2.19 bits per heavy atom. The van der Waals surface area contributed by atoms with Crippen LogP contribution in [0.4, 0.5) is 5.69 Å². The van der Waals surface area contributed by atoms with Gasteiger partial charge in [0.2, 0.25) is 0 Å². The molecule has 1 aliphatic rings. The van der Waals surface area contributed by atoms with Gasteiger partial charge in [-0.1, -0.05) is 15.9 Å². The van der Waals surface area contributed by atoms with Crippen molar-refractivity contribution < 1.29 is 14.3 Å². The predicted octanol–water partition coefficient (Wildman–Crippen LogP) is 2.86. The van der Waals surface area contributed by atoms with E-state index in [9.17, 15) is 9.59 Å². The Balaban J connectivity index is 2.15. The molecule has 5 nitrogen and oxygen atoms in total. The number of hydrogen-bond acceptors (Lipinski definition) is 4. The van der Waals surface area contributed by atoms with Crippen LogP contribution in [-0.2, 0) is 9.53 Å². The third-order valence-corrected chi connectivity index (χ3v) is 3.87. The molecule has 1 amide bonds. The molecule has 2 rings (SSSR count). The maximum absolute atomic E-state index is 12.5. The number of nitrogens with zero attached hydrogens (tertiary/aromatic N) is 1. The molecule has 0 unspecified atom stereocenters. The van der Waals surface area contributed by atoms with Crippen molar-refractivity contribution in [3.05, 3.63) is 28.2 Å². The molecule has 1 aliphatic heterocycles. The highest BCUT2D eigenvalue weighted by molar-refractivity contribution is 9.10. The summed E-state index contributed by atoms with van der Waals surface area (Å²) in [6, 6.07) is 5.48. The van der Waals surface area contributed by atoms with E-state index in [1.807, 2.05) is 12.1 Å². The summed E-state index contributed by atoms with van der Waals surface area (Å²) in [5.74, 6) is -0.368. The van der Waals surface area contributed by atoms with Gasteiger partial charge in [0.15, 0.2) is 0 Å². The van der Waals surface area contributed by atoms with Crippen molar-refractivity contribution in [2.75, 3.05) is 25.1 Å². The maximum atomic E-state index is 12.5. The van der Waals surface area contributed by atoms with E-state index in [4.69, 9.17) is 4.74 Å². The summed E-state index contributed by atoms with van der Waals surface area (Å²) < 4.78 is 5.98. The first-order chi connectivity index (χ1) is 9.85. The molecule has 1 aromatic carbocycles.